The summed E-state index contributed by atoms with van der Waals surface area (Å²) in [5.41, 5.74) is 19.0. The predicted octanol–water partition coefficient (Wildman–Crippen LogP) is 9.95. The summed E-state index contributed by atoms with van der Waals surface area (Å²) in [5, 5.41) is 0. The normalized spacial score (nSPS) is 13.3. The van der Waals surface area contributed by atoms with E-state index in [2.05, 4.69) is 95.3 Å². The molecule has 220 valence electrons. The summed E-state index contributed by atoms with van der Waals surface area (Å²) in [6.45, 7) is 19.0. The molecular formula is C36H46N4Pt. The first-order valence-corrected chi connectivity index (χ1v) is 15.7. The van der Waals surface area contributed by atoms with Gasteiger partial charge in [-0.05, 0) is 121 Å². The van der Waals surface area contributed by atoms with E-state index >= 15 is 0 Å². The number of aromatic nitrogens is 4. The number of H-pyrrole nitrogens is 1. The molecule has 0 radical (unpaired) electrons. The largest absolute Gasteiger partial charge is 0.355 e. The smallest absolute Gasteiger partial charge is 0.0693 e. The molecule has 2 aliphatic rings. The monoisotopic (exact) mass is 729 g/mol. The molecule has 0 spiro atoms. The second kappa shape index (κ2) is 13.1. The van der Waals surface area contributed by atoms with Crippen molar-refractivity contribution in [1.29, 1.82) is 0 Å². The second-order valence-electron chi connectivity index (χ2n) is 10.9. The van der Waals surface area contributed by atoms with E-state index in [-0.39, 0.29) is 21.1 Å². The maximum Gasteiger partial charge on any atom is 0.0693 e. The molecule has 0 aromatic carbocycles. The third-order valence-corrected chi connectivity index (χ3v) is 8.92. The minimum Gasteiger partial charge on any atom is -0.355 e. The molecule has 0 atom stereocenters. The Bertz CT molecular complexity index is 1650. The van der Waals surface area contributed by atoms with Crippen LogP contribution in [-0.2, 0) is 46.9 Å². The van der Waals surface area contributed by atoms with Gasteiger partial charge in [0.05, 0.1) is 22.8 Å². The van der Waals surface area contributed by atoms with E-state index in [0.717, 1.165) is 74.3 Å². The van der Waals surface area contributed by atoms with Crippen molar-refractivity contribution in [2.45, 2.75) is 107 Å². The molecule has 0 saturated heterocycles. The summed E-state index contributed by atoms with van der Waals surface area (Å²) in [5.74, 6) is 0. The van der Waals surface area contributed by atoms with Crippen molar-refractivity contribution in [3.05, 3.63) is 69.8 Å². The summed E-state index contributed by atoms with van der Waals surface area (Å²) in [6, 6.07) is 11.7. The third kappa shape index (κ3) is 5.34. The van der Waals surface area contributed by atoms with Crippen LogP contribution < -0.4 is 0 Å². The van der Waals surface area contributed by atoms with E-state index in [1.165, 1.54) is 61.0 Å². The molecule has 0 amide bonds. The zero-order valence-electron chi connectivity index (χ0n) is 26.2. The fraction of sp³-hybridized carbons (Fsp3) is 0.444. The molecule has 0 fully saturated rings. The summed E-state index contributed by atoms with van der Waals surface area (Å²) < 4.78 is 2.46. The number of allylic oxidation sites excluding steroid dienone is 4. The summed E-state index contributed by atoms with van der Waals surface area (Å²) in [7, 11) is 0. The Hall–Kier alpha value is -2.71. The molecule has 4 nitrogen and oxygen atoms in total. The van der Waals surface area contributed by atoms with Crippen LogP contribution in [-0.4, -0.2) is 19.5 Å². The Kier molecular flexibility index (Phi) is 9.96. The molecule has 0 unspecified atom stereocenters. The van der Waals surface area contributed by atoms with E-state index < -0.39 is 0 Å². The van der Waals surface area contributed by atoms with Crippen LogP contribution in [0.3, 0.4) is 0 Å². The van der Waals surface area contributed by atoms with Crippen LogP contribution in [0.5, 0.6) is 0 Å². The van der Waals surface area contributed by atoms with Gasteiger partial charge in [0.15, 0.2) is 0 Å². The van der Waals surface area contributed by atoms with Gasteiger partial charge >= 0.3 is 0 Å². The predicted molar refractivity (Wildman–Crippen MR) is 173 cm³/mol. The zero-order chi connectivity index (χ0) is 28.6. The molecule has 5 heterocycles. The third-order valence-electron chi connectivity index (χ3n) is 8.92. The summed E-state index contributed by atoms with van der Waals surface area (Å²) in [4.78, 5) is 14.4. The molecule has 0 saturated carbocycles. The SMILES string of the molecule is CCC1=C(CC)c2cc3cc(CC)c(cc4nc(cc5[nH]c(cc1n2)c(CC)c5CC)C(CC)=C4CC)n3CC.[Pt]. The second-order valence-corrected chi connectivity index (χ2v) is 10.9. The van der Waals surface area contributed by atoms with Gasteiger partial charge < -0.3 is 9.55 Å². The van der Waals surface area contributed by atoms with Crippen LogP contribution in [0.15, 0.2) is 30.3 Å². The topological polar surface area (TPSA) is 46.5 Å². The fourth-order valence-electron chi connectivity index (χ4n) is 6.99. The van der Waals surface area contributed by atoms with Crippen LogP contribution >= 0.6 is 0 Å². The van der Waals surface area contributed by atoms with E-state index in [1.807, 2.05) is 0 Å². The number of hydrogen-bond donors (Lipinski definition) is 1. The minimum absolute atomic E-state index is 0. The van der Waals surface area contributed by atoms with Gasteiger partial charge in [-0.15, -0.1) is 0 Å². The van der Waals surface area contributed by atoms with Gasteiger partial charge in [-0.3, -0.25) is 0 Å². The Morgan fingerprint density at radius 2 is 0.976 bits per heavy atom. The van der Waals surface area contributed by atoms with Crippen LogP contribution in [0, 0.1) is 0 Å². The van der Waals surface area contributed by atoms with E-state index in [4.69, 9.17) is 9.97 Å². The first-order valence-electron chi connectivity index (χ1n) is 15.7. The van der Waals surface area contributed by atoms with Crippen molar-refractivity contribution in [2.75, 3.05) is 0 Å². The van der Waals surface area contributed by atoms with Gasteiger partial charge in [-0.1, -0.05) is 48.5 Å². The van der Waals surface area contributed by atoms with Crippen molar-refractivity contribution in [3.63, 3.8) is 0 Å². The molecule has 1 N–H and O–H groups in total. The van der Waals surface area contributed by atoms with Gasteiger partial charge in [0.25, 0.3) is 0 Å². The maximum atomic E-state index is 5.32. The van der Waals surface area contributed by atoms with Crippen LogP contribution in [0.2, 0.25) is 0 Å². The average Bonchev–Trinajstić information content (AvgIpc) is 3.68. The van der Waals surface area contributed by atoms with Crippen molar-refractivity contribution >= 4 is 44.4 Å². The molecule has 3 aromatic heterocycles. The minimum atomic E-state index is 0. The number of rotatable bonds is 8. The number of nitrogens with zero attached hydrogens (tertiary/aromatic N) is 3. The molecule has 8 bridgehead atoms. The van der Waals surface area contributed by atoms with E-state index in [9.17, 15) is 0 Å². The van der Waals surface area contributed by atoms with Crippen molar-refractivity contribution in [2.24, 2.45) is 0 Å². The van der Waals surface area contributed by atoms with Gasteiger partial charge in [-0.25, -0.2) is 9.97 Å². The average molecular weight is 730 g/mol. The standard InChI is InChI=1S/C36H46N4.Pt/c1-9-22-17-23-18-30-24(10-2)25(11-3)31(37-30)19-32-26(12-4)27(13-5)33(38-32)20-34-28(14-6)29(15-7)35(39-34)21-36(22)40(23)16-8;/h17-21,38H,9-16H2,1-8H3;. The number of aromatic amines is 1. The maximum absolute atomic E-state index is 5.32. The number of fused-ring (bicyclic) bond motifs is 8. The van der Waals surface area contributed by atoms with Crippen LogP contribution in [0.4, 0.5) is 0 Å². The van der Waals surface area contributed by atoms with E-state index in [1.54, 1.807) is 0 Å². The molecule has 41 heavy (non-hydrogen) atoms. The Morgan fingerprint density at radius 3 is 1.37 bits per heavy atom. The van der Waals surface area contributed by atoms with Crippen molar-refractivity contribution < 1.29 is 21.1 Å². The van der Waals surface area contributed by atoms with Gasteiger partial charge in [-0.2, -0.15) is 0 Å². The quantitative estimate of drug-likeness (QED) is 0.251. The van der Waals surface area contributed by atoms with Gasteiger partial charge in [0.1, 0.15) is 0 Å². The molecule has 0 aliphatic carbocycles. The van der Waals surface area contributed by atoms with Gasteiger partial charge in [0.2, 0.25) is 0 Å². The van der Waals surface area contributed by atoms with Crippen LogP contribution in [0.25, 0.3) is 44.4 Å². The Morgan fingerprint density at radius 1 is 0.537 bits per heavy atom. The number of aryl methyl sites for hydroxylation is 4. The zero-order valence-corrected chi connectivity index (χ0v) is 28.5. The molecule has 5 heteroatoms. The van der Waals surface area contributed by atoms with Crippen molar-refractivity contribution in [3.8, 4) is 0 Å². The molecule has 5 rings (SSSR count). The summed E-state index contributed by atoms with van der Waals surface area (Å²) in [6.07, 6.45) is 6.88. The molecule has 3 aromatic rings. The fourth-order valence-corrected chi connectivity index (χ4v) is 6.99. The Labute approximate surface area is 260 Å². The number of hydrogen-bond acceptors (Lipinski definition) is 2. The van der Waals surface area contributed by atoms with E-state index in [0.29, 0.717) is 0 Å². The summed E-state index contributed by atoms with van der Waals surface area (Å²) >= 11 is 0. The molecular weight excluding hydrogens is 684 g/mol. The molecule has 2 aliphatic heterocycles. The van der Waals surface area contributed by atoms with Crippen LogP contribution in [0.1, 0.15) is 121 Å². The Balaban J connectivity index is 0.00000387. The first-order chi connectivity index (χ1) is 19.5. The van der Waals surface area contributed by atoms with Gasteiger partial charge in [0, 0.05) is 49.7 Å². The van der Waals surface area contributed by atoms with Crippen molar-refractivity contribution in [1.82, 2.24) is 19.5 Å². The first kappa shape index (κ1) is 31.2. The number of nitrogens with one attached hydrogen (secondary N) is 1.